The molecule has 1 N–H and O–H groups in total. The number of halogens is 3. The van der Waals surface area contributed by atoms with Crippen molar-refractivity contribution in [2.75, 3.05) is 5.32 Å². The quantitative estimate of drug-likeness (QED) is 0.584. The lowest BCUT2D eigenvalue weighted by Crippen LogP contribution is -2.03. The van der Waals surface area contributed by atoms with Gasteiger partial charge in [0, 0.05) is 27.1 Å². The first-order chi connectivity index (χ1) is 9.47. The summed E-state index contributed by atoms with van der Waals surface area (Å²) < 4.78 is 0.652. The molecule has 0 unspecified atom stereocenters. The molecule has 2 aromatic carbocycles. The van der Waals surface area contributed by atoms with E-state index < -0.39 is 4.92 Å². The molecular weight excluding hydrogens is 367 g/mol. The largest absolute Gasteiger partial charge is 0.375 e. The average Bonchev–Trinajstić information content (AvgIpc) is 2.38. The van der Waals surface area contributed by atoms with Gasteiger partial charge in [-0.3, -0.25) is 10.1 Å². The summed E-state index contributed by atoms with van der Waals surface area (Å²) in [6.45, 7) is 0.373. The third-order valence-electron chi connectivity index (χ3n) is 2.64. The second-order valence-corrected chi connectivity index (χ2v) is 5.77. The highest BCUT2D eigenvalue weighted by Gasteiger charge is 2.14. The molecule has 7 heteroatoms. The van der Waals surface area contributed by atoms with Gasteiger partial charge in [-0.15, -0.1) is 0 Å². The van der Waals surface area contributed by atoms with Gasteiger partial charge in [-0.25, -0.2) is 0 Å². The molecule has 0 amide bonds. The van der Waals surface area contributed by atoms with Crippen molar-refractivity contribution in [3.8, 4) is 0 Å². The van der Waals surface area contributed by atoms with Crippen LogP contribution in [0.3, 0.4) is 0 Å². The van der Waals surface area contributed by atoms with Gasteiger partial charge in [0.05, 0.1) is 4.92 Å². The summed E-state index contributed by atoms with van der Waals surface area (Å²) in [5, 5.41) is 15.1. The predicted molar refractivity (Wildman–Crippen MR) is 84.6 cm³/mol. The lowest BCUT2D eigenvalue weighted by molar-refractivity contribution is -0.384. The molecule has 0 saturated carbocycles. The van der Waals surface area contributed by atoms with Crippen LogP contribution in [0.15, 0.2) is 40.9 Å². The zero-order valence-electron chi connectivity index (χ0n) is 10.1. The van der Waals surface area contributed by atoms with Crippen LogP contribution in [0, 0.1) is 10.1 Å². The molecule has 104 valence electrons. The number of nitro groups is 1. The Balaban J connectivity index is 2.20. The van der Waals surface area contributed by atoms with Gasteiger partial charge in [0.25, 0.3) is 5.69 Å². The van der Waals surface area contributed by atoms with Crippen molar-refractivity contribution < 1.29 is 4.92 Å². The van der Waals surface area contributed by atoms with Gasteiger partial charge in [0.15, 0.2) is 0 Å². The fraction of sp³-hybridized carbons (Fsp3) is 0.0769. The summed E-state index contributed by atoms with van der Waals surface area (Å²) in [6, 6.07) is 9.97. The van der Waals surface area contributed by atoms with Gasteiger partial charge in [0.1, 0.15) is 5.69 Å². The fourth-order valence-electron chi connectivity index (χ4n) is 1.66. The third kappa shape index (κ3) is 3.62. The standard InChI is InChI=1S/C13H9BrCl2N2O2/c14-9-2-4-12(13(5-9)18(19)20)17-7-8-1-3-10(15)6-11(8)16/h1-6,17H,7H2. The van der Waals surface area contributed by atoms with Crippen molar-refractivity contribution in [3.63, 3.8) is 0 Å². The Morgan fingerprint density at radius 1 is 1.20 bits per heavy atom. The minimum atomic E-state index is -0.434. The fourth-order valence-corrected chi connectivity index (χ4v) is 2.49. The molecule has 0 bridgehead atoms. The van der Waals surface area contributed by atoms with E-state index in [2.05, 4.69) is 21.2 Å². The van der Waals surface area contributed by atoms with Gasteiger partial charge in [-0.05, 0) is 29.8 Å². The number of hydrogen-bond donors (Lipinski definition) is 1. The zero-order chi connectivity index (χ0) is 14.7. The number of benzene rings is 2. The van der Waals surface area contributed by atoms with Crippen LogP contribution in [0.2, 0.25) is 10.0 Å². The molecular formula is C13H9BrCl2N2O2. The maximum absolute atomic E-state index is 11.0. The number of nitro benzene ring substituents is 1. The van der Waals surface area contributed by atoms with Gasteiger partial charge < -0.3 is 5.32 Å². The van der Waals surface area contributed by atoms with Crippen molar-refractivity contribution in [1.82, 2.24) is 0 Å². The van der Waals surface area contributed by atoms with Crippen LogP contribution in [0.5, 0.6) is 0 Å². The molecule has 0 heterocycles. The van der Waals surface area contributed by atoms with Crippen LogP contribution in [0.4, 0.5) is 11.4 Å². The van der Waals surface area contributed by atoms with E-state index >= 15 is 0 Å². The predicted octanol–water partition coefficient (Wildman–Crippen LogP) is 5.28. The summed E-state index contributed by atoms with van der Waals surface area (Å²) in [5.74, 6) is 0. The van der Waals surface area contributed by atoms with Crippen LogP contribution in [-0.2, 0) is 6.54 Å². The smallest absolute Gasteiger partial charge is 0.293 e. The number of nitrogens with zero attached hydrogens (tertiary/aromatic N) is 1. The lowest BCUT2D eigenvalue weighted by atomic mass is 10.2. The average molecular weight is 376 g/mol. The first-order valence-electron chi connectivity index (χ1n) is 5.59. The molecule has 0 atom stereocenters. The zero-order valence-corrected chi connectivity index (χ0v) is 13.2. The molecule has 0 aromatic heterocycles. The minimum Gasteiger partial charge on any atom is -0.375 e. The third-order valence-corrected chi connectivity index (χ3v) is 3.72. The Bertz CT molecular complexity index is 665. The monoisotopic (exact) mass is 374 g/mol. The van der Waals surface area contributed by atoms with Gasteiger partial charge in [-0.1, -0.05) is 45.2 Å². The van der Waals surface area contributed by atoms with Crippen LogP contribution >= 0.6 is 39.1 Å². The Labute approximate surface area is 134 Å². The molecule has 4 nitrogen and oxygen atoms in total. The summed E-state index contributed by atoms with van der Waals surface area (Å²) in [6.07, 6.45) is 0. The summed E-state index contributed by atoms with van der Waals surface area (Å²) in [4.78, 5) is 10.6. The van der Waals surface area contributed by atoms with Crippen molar-refractivity contribution in [2.24, 2.45) is 0 Å². The molecule has 0 saturated heterocycles. The van der Waals surface area contributed by atoms with Crippen molar-refractivity contribution >= 4 is 50.5 Å². The lowest BCUT2D eigenvalue weighted by Gasteiger charge is -2.09. The van der Waals surface area contributed by atoms with Gasteiger partial charge in [0.2, 0.25) is 0 Å². The van der Waals surface area contributed by atoms with Gasteiger partial charge in [-0.2, -0.15) is 0 Å². The SMILES string of the molecule is O=[N+]([O-])c1cc(Br)ccc1NCc1ccc(Cl)cc1Cl. The first-order valence-corrected chi connectivity index (χ1v) is 7.14. The Kier molecular flexibility index (Phi) is 4.86. The van der Waals surface area contributed by atoms with Crippen LogP contribution in [0.25, 0.3) is 0 Å². The van der Waals surface area contributed by atoms with Crippen molar-refractivity contribution in [3.05, 3.63) is 66.6 Å². The molecule has 0 spiro atoms. The Morgan fingerprint density at radius 3 is 2.60 bits per heavy atom. The van der Waals surface area contributed by atoms with Gasteiger partial charge >= 0.3 is 0 Å². The highest BCUT2D eigenvalue weighted by Crippen LogP contribution is 2.29. The molecule has 0 aliphatic carbocycles. The van der Waals surface area contributed by atoms with E-state index in [0.717, 1.165) is 5.56 Å². The van der Waals surface area contributed by atoms with E-state index in [4.69, 9.17) is 23.2 Å². The second-order valence-electron chi connectivity index (χ2n) is 4.01. The molecule has 0 radical (unpaired) electrons. The van der Waals surface area contributed by atoms with Crippen LogP contribution in [0.1, 0.15) is 5.56 Å². The molecule has 0 aliphatic heterocycles. The Morgan fingerprint density at radius 2 is 1.95 bits per heavy atom. The van der Waals surface area contributed by atoms with Crippen molar-refractivity contribution in [2.45, 2.75) is 6.54 Å². The van der Waals surface area contributed by atoms with E-state index in [1.165, 1.54) is 6.07 Å². The summed E-state index contributed by atoms with van der Waals surface area (Å²) in [7, 11) is 0. The normalized spacial score (nSPS) is 10.3. The Hall–Kier alpha value is -1.30. The number of anilines is 1. The number of hydrogen-bond acceptors (Lipinski definition) is 3. The van der Waals surface area contributed by atoms with E-state index in [1.54, 1.807) is 30.3 Å². The van der Waals surface area contributed by atoms with E-state index in [9.17, 15) is 10.1 Å². The minimum absolute atomic E-state index is 0.00413. The summed E-state index contributed by atoms with van der Waals surface area (Å²) in [5.41, 5.74) is 1.25. The maximum Gasteiger partial charge on any atom is 0.293 e. The second kappa shape index (κ2) is 6.43. The van der Waals surface area contributed by atoms with E-state index in [1.807, 2.05) is 0 Å². The highest BCUT2D eigenvalue weighted by molar-refractivity contribution is 9.10. The van der Waals surface area contributed by atoms with Crippen LogP contribution in [-0.4, -0.2) is 4.92 Å². The van der Waals surface area contributed by atoms with Crippen molar-refractivity contribution in [1.29, 1.82) is 0 Å². The van der Waals surface area contributed by atoms with E-state index in [-0.39, 0.29) is 5.69 Å². The molecule has 20 heavy (non-hydrogen) atoms. The topological polar surface area (TPSA) is 55.2 Å². The molecule has 0 fully saturated rings. The molecule has 0 aliphatic rings. The number of nitrogens with one attached hydrogen (secondary N) is 1. The maximum atomic E-state index is 11.0. The molecule has 2 rings (SSSR count). The number of rotatable bonds is 4. The summed E-state index contributed by atoms with van der Waals surface area (Å²) >= 11 is 15.1. The van der Waals surface area contributed by atoms with E-state index in [0.29, 0.717) is 26.8 Å². The first kappa shape index (κ1) is 15.1. The molecule has 2 aromatic rings. The highest BCUT2D eigenvalue weighted by atomic mass is 79.9. The van der Waals surface area contributed by atoms with Crippen LogP contribution < -0.4 is 5.32 Å².